The summed E-state index contributed by atoms with van der Waals surface area (Å²) < 4.78 is 10.1. The fourth-order valence-electron chi connectivity index (χ4n) is 3.35. The standard InChI is InChI=1S/C24H25NO4/c1-5-17-6-8-18(9-7-17)14-21-22(24(27)29-4)16(2)25(23(21)26)15-19-10-12-20(28-3)13-11-19/h6-14H,5,15H2,1-4H3/b21-14-. The van der Waals surface area contributed by atoms with Crippen LogP contribution in [-0.2, 0) is 27.3 Å². The Kier molecular flexibility index (Phi) is 6.17. The quantitative estimate of drug-likeness (QED) is 0.549. The van der Waals surface area contributed by atoms with Crippen molar-refractivity contribution in [3.63, 3.8) is 0 Å². The number of rotatable bonds is 6. The Labute approximate surface area is 171 Å². The second-order valence-corrected chi connectivity index (χ2v) is 6.84. The van der Waals surface area contributed by atoms with Gasteiger partial charge in [0, 0.05) is 5.70 Å². The molecule has 5 heteroatoms. The molecule has 0 bridgehead atoms. The number of carbonyl (C=O) groups excluding carboxylic acids is 2. The molecule has 3 rings (SSSR count). The van der Waals surface area contributed by atoms with Crippen molar-refractivity contribution in [2.45, 2.75) is 26.8 Å². The van der Waals surface area contributed by atoms with E-state index in [9.17, 15) is 9.59 Å². The summed E-state index contributed by atoms with van der Waals surface area (Å²) >= 11 is 0. The van der Waals surface area contributed by atoms with Gasteiger partial charge in [-0.2, -0.15) is 0 Å². The molecule has 150 valence electrons. The highest BCUT2D eigenvalue weighted by Crippen LogP contribution is 2.33. The predicted octanol–water partition coefficient (Wildman–Crippen LogP) is 4.13. The molecule has 0 fully saturated rings. The average Bonchev–Trinajstić information content (AvgIpc) is 2.98. The number of hydrogen-bond acceptors (Lipinski definition) is 4. The minimum Gasteiger partial charge on any atom is -0.497 e. The molecule has 1 aliphatic rings. The molecule has 0 unspecified atom stereocenters. The van der Waals surface area contributed by atoms with Crippen LogP contribution in [0.15, 0.2) is 65.4 Å². The number of carbonyl (C=O) groups is 2. The van der Waals surface area contributed by atoms with Crippen LogP contribution in [0.3, 0.4) is 0 Å². The number of benzene rings is 2. The molecule has 0 saturated carbocycles. The van der Waals surface area contributed by atoms with Crippen LogP contribution in [0.4, 0.5) is 0 Å². The number of nitrogens with zero attached hydrogens (tertiary/aromatic N) is 1. The van der Waals surface area contributed by atoms with Crippen LogP contribution in [0.5, 0.6) is 5.75 Å². The van der Waals surface area contributed by atoms with Gasteiger partial charge in [-0.15, -0.1) is 0 Å². The van der Waals surface area contributed by atoms with Gasteiger partial charge in [-0.1, -0.05) is 43.3 Å². The molecule has 0 aliphatic carbocycles. The molecule has 0 atom stereocenters. The average molecular weight is 391 g/mol. The first-order chi connectivity index (χ1) is 14.0. The van der Waals surface area contributed by atoms with Gasteiger partial charge in [0.1, 0.15) is 5.75 Å². The van der Waals surface area contributed by atoms with Crippen molar-refractivity contribution >= 4 is 18.0 Å². The minimum absolute atomic E-state index is 0.210. The first kappa shape index (κ1) is 20.4. The second kappa shape index (κ2) is 8.78. The van der Waals surface area contributed by atoms with Crippen LogP contribution in [0.2, 0.25) is 0 Å². The zero-order valence-corrected chi connectivity index (χ0v) is 17.2. The zero-order chi connectivity index (χ0) is 21.0. The van der Waals surface area contributed by atoms with E-state index in [1.54, 1.807) is 25.0 Å². The van der Waals surface area contributed by atoms with E-state index in [4.69, 9.17) is 9.47 Å². The number of amides is 1. The van der Waals surface area contributed by atoms with E-state index in [1.165, 1.54) is 12.7 Å². The van der Waals surface area contributed by atoms with Crippen molar-refractivity contribution < 1.29 is 19.1 Å². The Morgan fingerprint density at radius 3 is 2.17 bits per heavy atom. The Hall–Kier alpha value is -3.34. The van der Waals surface area contributed by atoms with Crippen molar-refractivity contribution in [3.05, 3.63) is 82.1 Å². The third-order valence-corrected chi connectivity index (χ3v) is 5.10. The minimum atomic E-state index is -0.510. The molecule has 1 amide bonds. The van der Waals surface area contributed by atoms with Crippen LogP contribution in [0, 0.1) is 0 Å². The molecule has 0 aromatic heterocycles. The lowest BCUT2D eigenvalue weighted by atomic mass is 10.0. The van der Waals surface area contributed by atoms with E-state index in [0.29, 0.717) is 23.4 Å². The largest absolute Gasteiger partial charge is 0.497 e. The summed E-state index contributed by atoms with van der Waals surface area (Å²) in [5.41, 5.74) is 4.28. The molecular formula is C24H25NO4. The molecule has 1 heterocycles. The number of allylic oxidation sites excluding steroid dienone is 1. The van der Waals surface area contributed by atoms with Crippen molar-refractivity contribution in [2.75, 3.05) is 14.2 Å². The fourth-order valence-corrected chi connectivity index (χ4v) is 3.35. The van der Waals surface area contributed by atoms with Crippen LogP contribution < -0.4 is 4.74 Å². The van der Waals surface area contributed by atoms with E-state index < -0.39 is 5.97 Å². The van der Waals surface area contributed by atoms with Gasteiger partial charge in [0.2, 0.25) is 0 Å². The molecule has 1 aliphatic heterocycles. The van der Waals surface area contributed by atoms with Gasteiger partial charge >= 0.3 is 5.97 Å². The number of methoxy groups -OCH3 is 2. The monoisotopic (exact) mass is 391 g/mol. The van der Waals surface area contributed by atoms with E-state index in [1.807, 2.05) is 48.5 Å². The molecule has 0 radical (unpaired) electrons. The Morgan fingerprint density at radius 2 is 1.62 bits per heavy atom. The lowest BCUT2D eigenvalue weighted by molar-refractivity contribution is -0.136. The van der Waals surface area contributed by atoms with Gasteiger partial charge in [0.15, 0.2) is 0 Å². The van der Waals surface area contributed by atoms with Crippen LogP contribution in [0.25, 0.3) is 6.08 Å². The van der Waals surface area contributed by atoms with Gasteiger partial charge in [0.25, 0.3) is 5.91 Å². The van der Waals surface area contributed by atoms with Crippen molar-refractivity contribution in [2.24, 2.45) is 0 Å². The van der Waals surface area contributed by atoms with E-state index in [2.05, 4.69) is 6.92 Å². The first-order valence-electron chi connectivity index (χ1n) is 9.53. The normalized spacial score (nSPS) is 15.2. The maximum absolute atomic E-state index is 13.2. The smallest absolute Gasteiger partial charge is 0.340 e. The summed E-state index contributed by atoms with van der Waals surface area (Å²) in [5.74, 6) is 0.0305. The SMILES string of the molecule is CCc1ccc(/C=C2\C(=O)N(Cc3ccc(OC)cc3)C(C)=C2C(=O)OC)cc1. The molecule has 2 aromatic carbocycles. The molecule has 0 saturated heterocycles. The number of aryl methyl sites for hydroxylation is 1. The summed E-state index contributed by atoms with van der Waals surface area (Å²) in [6.07, 6.45) is 2.70. The van der Waals surface area contributed by atoms with Crippen molar-refractivity contribution in [1.29, 1.82) is 0 Å². The van der Waals surface area contributed by atoms with E-state index >= 15 is 0 Å². The molecule has 5 nitrogen and oxygen atoms in total. The summed E-state index contributed by atoms with van der Waals surface area (Å²) in [6, 6.07) is 15.5. The maximum Gasteiger partial charge on any atom is 0.340 e. The number of hydrogen-bond donors (Lipinski definition) is 0. The van der Waals surface area contributed by atoms with Crippen LogP contribution >= 0.6 is 0 Å². The predicted molar refractivity (Wildman–Crippen MR) is 112 cm³/mol. The van der Waals surface area contributed by atoms with Gasteiger partial charge in [-0.25, -0.2) is 4.79 Å². The summed E-state index contributed by atoms with van der Waals surface area (Å²) in [7, 11) is 2.94. The number of ether oxygens (including phenoxy) is 2. The molecule has 0 N–H and O–H groups in total. The molecule has 2 aromatic rings. The topological polar surface area (TPSA) is 55.8 Å². The molecular weight excluding hydrogens is 366 g/mol. The van der Waals surface area contributed by atoms with Crippen molar-refractivity contribution in [1.82, 2.24) is 4.90 Å². The number of esters is 1. The van der Waals surface area contributed by atoms with Gasteiger partial charge in [-0.05, 0) is 48.2 Å². The van der Waals surface area contributed by atoms with Gasteiger partial charge < -0.3 is 14.4 Å². The van der Waals surface area contributed by atoms with Crippen molar-refractivity contribution in [3.8, 4) is 5.75 Å². The van der Waals surface area contributed by atoms with E-state index in [-0.39, 0.29) is 5.91 Å². The highest BCUT2D eigenvalue weighted by atomic mass is 16.5. The highest BCUT2D eigenvalue weighted by Gasteiger charge is 2.36. The summed E-state index contributed by atoms with van der Waals surface area (Å²) in [6.45, 7) is 4.22. The zero-order valence-electron chi connectivity index (χ0n) is 17.2. The second-order valence-electron chi connectivity index (χ2n) is 6.84. The third kappa shape index (κ3) is 4.24. The van der Waals surface area contributed by atoms with Gasteiger partial charge in [-0.3, -0.25) is 4.79 Å². The summed E-state index contributed by atoms with van der Waals surface area (Å²) in [5, 5.41) is 0. The Balaban J connectivity index is 1.96. The summed E-state index contributed by atoms with van der Waals surface area (Å²) in [4.78, 5) is 27.2. The highest BCUT2D eigenvalue weighted by molar-refractivity contribution is 6.16. The van der Waals surface area contributed by atoms with Gasteiger partial charge in [0.05, 0.1) is 31.9 Å². The lowest BCUT2D eigenvalue weighted by Gasteiger charge is -2.18. The molecule has 0 spiro atoms. The maximum atomic E-state index is 13.2. The Morgan fingerprint density at radius 1 is 1.00 bits per heavy atom. The third-order valence-electron chi connectivity index (χ3n) is 5.10. The molecule has 29 heavy (non-hydrogen) atoms. The Bertz CT molecular complexity index is 969. The fraction of sp³-hybridized carbons (Fsp3) is 0.250. The van der Waals surface area contributed by atoms with Crippen LogP contribution in [0.1, 0.15) is 30.5 Å². The van der Waals surface area contributed by atoms with Crippen LogP contribution in [-0.4, -0.2) is 31.0 Å². The van der Waals surface area contributed by atoms with E-state index in [0.717, 1.165) is 23.3 Å². The first-order valence-corrected chi connectivity index (χ1v) is 9.53. The lowest BCUT2D eigenvalue weighted by Crippen LogP contribution is -2.24.